The Hall–Kier alpha value is -1.89. The van der Waals surface area contributed by atoms with Crippen LogP contribution in [-0.2, 0) is 4.79 Å². The van der Waals surface area contributed by atoms with Crippen LogP contribution in [0.4, 0.5) is 10.5 Å². The van der Waals surface area contributed by atoms with Crippen molar-refractivity contribution < 1.29 is 14.3 Å². The summed E-state index contributed by atoms with van der Waals surface area (Å²) in [6.45, 7) is 3.64. The Balaban J connectivity index is 2.51. The zero-order valence-electron chi connectivity index (χ0n) is 11.7. The van der Waals surface area contributed by atoms with Crippen molar-refractivity contribution in [3.8, 4) is 5.75 Å². The highest BCUT2D eigenvalue weighted by atomic mass is 32.2. The predicted molar refractivity (Wildman–Crippen MR) is 79.9 cm³/mol. The highest BCUT2D eigenvalue weighted by Crippen LogP contribution is 2.30. The molecule has 1 aromatic carbocycles. The van der Waals surface area contributed by atoms with Crippen LogP contribution < -0.4 is 21.1 Å². The number of nitrogens with two attached hydrogens (primary N) is 1. The van der Waals surface area contributed by atoms with Gasteiger partial charge in [-0.2, -0.15) is 0 Å². The number of thioether (sulfide) groups is 1. The molecule has 0 aliphatic carbocycles. The van der Waals surface area contributed by atoms with Gasteiger partial charge in [0.1, 0.15) is 5.75 Å². The van der Waals surface area contributed by atoms with E-state index in [4.69, 9.17) is 10.5 Å². The molecule has 110 valence electrons. The highest BCUT2D eigenvalue weighted by molar-refractivity contribution is 8.00. The minimum Gasteiger partial charge on any atom is -0.496 e. The standard InChI is InChI=1S/C13H19N3O3S/c1-8(2)15-13(18)16-12(17)7-20-11-5-4-9(14)6-10(11)19-3/h4-6,8H,7,14H2,1-3H3,(H2,15,16,17,18). The Morgan fingerprint density at radius 1 is 1.40 bits per heavy atom. The largest absolute Gasteiger partial charge is 0.496 e. The van der Waals surface area contributed by atoms with E-state index >= 15 is 0 Å². The molecule has 0 aliphatic heterocycles. The number of urea groups is 1. The van der Waals surface area contributed by atoms with Crippen molar-refractivity contribution >= 4 is 29.4 Å². The van der Waals surface area contributed by atoms with Crippen LogP contribution >= 0.6 is 11.8 Å². The van der Waals surface area contributed by atoms with Gasteiger partial charge < -0.3 is 15.8 Å². The third-order valence-electron chi connectivity index (χ3n) is 2.22. The molecule has 0 heterocycles. The van der Waals surface area contributed by atoms with Gasteiger partial charge >= 0.3 is 6.03 Å². The zero-order valence-corrected chi connectivity index (χ0v) is 12.5. The number of carbonyl (C=O) groups is 2. The lowest BCUT2D eigenvalue weighted by atomic mass is 10.3. The summed E-state index contributed by atoms with van der Waals surface area (Å²) >= 11 is 1.28. The molecule has 0 radical (unpaired) electrons. The highest BCUT2D eigenvalue weighted by Gasteiger charge is 2.11. The van der Waals surface area contributed by atoms with E-state index in [1.165, 1.54) is 18.9 Å². The molecule has 0 unspecified atom stereocenters. The summed E-state index contributed by atoms with van der Waals surface area (Å²) < 4.78 is 5.18. The van der Waals surface area contributed by atoms with Crippen molar-refractivity contribution in [3.63, 3.8) is 0 Å². The van der Waals surface area contributed by atoms with Gasteiger partial charge in [-0.3, -0.25) is 10.1 Å². The smallest absolute Gasteiger partial charge is 0.321 e. The van der Waals surface area contributed by atoms with Gasteiger partial charge in [0.05, 0.1) is 12.9 Å². The maximum Gasteiger partial charge on any atom is 0.321 e. The van der Waals surface area contributed by atoms with E-state index in [2.05, 4.69) is 10.6 Å². The second-order valence-corrected chi connectivity index (χ2v) is 5.39. The van der Waals surface area contributed by atoms with E-state index in [0.29, 0.717) is 11.4 Å². The molecule has 6 nitrogen and oxygen atoms in total. The molecular formula is C13H19N3O3S. The van der Waals surface area contributed by atoms with Crippen molar-refractivity contribution in [3.05, 3.63) is 18.2 Å². The zero-order chi connectivity index (χ0) is 15.1. The fourth-order valence-electron chi connectivity index (χ4n) is 1.41. The Morgan fingerprint density at radius 2 is 2.10 bits per heavy atom. The molecule has 0 fully saturated rings. The van der Waals surface area contributed by atoms with E-state index in [-0.39, 0.29) is 17.7 Å². The minimum atomic E-state index is -0.491. The molecule has 0 atom stereocenters. The Morgan fingerprint density at radius 3 is 2.70 bits per heavy atom. The van der Waals surface area contributed by atoms with E-state index in [0.717, 1.165) is 4.90 Å². The van der Waals surface area contributed by atoms with Gasteiger partial charge in [-0.15, -0.1) is 11.8 Å². The fraction of sp³-hybridized carbons (Fsp3) is 0.385. The maximum atomic E-state index is 11.6. The molecule has 0 aliphatic rings. The topological polar surface area (TPSA) is 93.4 Å². The summed E-state index contributed by atoms with van der Waals surface area (Å²) in [5, 5.41) is 4.84. The Bertz CT molecular complexity index is 492. The van der Waals surface area contributed by atoms with E-state index < -0.39 is 6.03 Å². The third kappa shape index (κ3) is 5.40. The maximum absolute atomic E-state index is 11.6. The molecule has 0 bridgehead atoms. The minimum absolute atomic E-state index is 0.0207. The fourth-order valence-corrected chi connectivity index (χ4v) is 2.22. The van der Waals surface area contributed by atoms with Crippen LogP contribution in [-0.4, -0.2) is 30.8 Å². The lowest BCUT2D eigenvalue weighted by molar-refractivity contribution is -0.117. The number of methoxy groups -OCH3 is 1. The van der Waals surface area contributed by atoms with Gasteiger partial charge in [0.25, 0.3) is 0 Å². The average molecular weight is 297 g/mol. The molecule has 0 saturated carbocycles. The second-order valence-electron chi connectivity index (χ2n) is 4.38. The number of benzene rings is 1. The molecule has 20 heavy (non-hydrogen) atoms. The quantitative estimate of drug-likeness (QED) is 0.567. The third-order valence-corrected chi connectivity index (χ3v) is 3.27. The number of anilines is 1. The summed E-state index contributed by atoms with van der Waals surface area (Å²) in [5.74, 6) is 0.354. The number of nitrogen functional groups attached to an aromatic ring is 1. The van der Waals surface area contributed by atoms with Gasteiger partial charge in [0.15, 0.2) is 0 Å². The van der Waals surface area contributed by atoms with Gasteiger partial charge in [0, 0.05) is 22.7 Å². The molecule has 3 amide bonds. The molecule has 7 heteroatoms. The number of amides is 3. The number of nitrogens with one attached hydrogen (secondary N) is 2. The van der Waals surface area contributed by atoms with Crippen LogP contribution in [0.3, 0.4) is 0 Å². The molecule has 4 N–H and O–H groups in total. The van der Waals surface area contributed by atoms with Crippen molar-refractivity contribution in [2.24, 2.45) is 0 Å². The summed E-state index contributed by atoms with van der Waals surface area (Å²) in [4.78, 5) is 23.8. The molecule has 0 aromatic heterocycles. The second kappa shape index (κ2) is 7.64. The first-order valence-corrected chi connectivity index (χ1v) is 7.07. The monoisotopic (exact) mass is 297 g/mol. The molecule has 1 aromatic rings. The van der Waals surface area contributed by atoms with E-state index in [9.17, 15) is 9.59 Å². The Kier molecular flexibility index (Phi) is 6.17. The van der Waals surface area contributed by atoms with Crippen molar-refractivity contribution in [1.82, 2.24) is 10.6 Å². The number of imide groups is 1. The number of hydrogen-bond acceptors (Lipinski definition) is 5. The van der Waals surface area contributed by atoms with Crippen LogP contribution in [0.1, 0.15) is 13.8 Å². The van der Waals surface area contributed by atoms with Crippen molar-refractivity contribution in [2.75, 3.05) is 18.6 Å². The van der Waals surface area contributed by atoms with Gasteiger partial charge in [-0.25, -0.2) is 4.79 Å². The summed E-state index contributed by atoms with van der Waals surface area (Å²) in [5.41, 5.74) is 6.24. The first kappa shape index (κ1) is 16.2. The lowest BCUT2D eigenvalue weighted by Gasteiger charge is -2.10. The summed E-state index contributed by atoms with van der Waals surface area (Å²) in [7, 11) is 1.54. The molecule has 0 saturated heterocycles. The van der Waals surface area contributed by atoms with Crippen LogP contribution in [0.2, 0.25) is 0 Å². The van der Waals surface area contributed by atoms with E-state index in [1.807, 2.05) is 13.8 Å². The summed E-state index contributed by atoms with van der Waals surface area (Å²) in [6.07, 6.45) is 0. The first-order valence-electron chi connectivity index (χ1n) is 6.09. The Labute approximate surface area is 122 Å². The van der Waals surface area contributed by atoms with E-state index in [1.54, 1.807) is 18.2 Å². The van der Waals surface area contributed by atoms with Gasteiger partial charge in [0.2, 0.25) is 5.91 Å². The van der Waals surface area contributed by atoms with Crippen LogP contribution in [0, 0.1) is 0 Å². The number of hydrogen-bond donors (Lipinski definition) is 3. The lowest BCUT2D eigenvalue weighted by Crippen LogP contribution is -2.43. The van der Waals surface area contributed by atoms with Crippen LogP contribution in [0.15, 0.2) is 23.1 Å². The molecule has 0 spiro atoms. The first-order chi connectivity index (χ1) is 9.42. The van der Waals surface area contributed by atoms with Crippen molar-refractivity contribution in [1.29, 1.82) is 0 Å². The molecule has 1 rings (SSSR count). The van der Waals surface area contributed by atoms with Crippen LogP contribution in [0.5, 0.6) is 5.75 Å². The SMILES string of the molecule is COc1cc(N)ccc1SCC(=O)NC(=O)NC(C)C. The number of rotatable bonds is 5. The summed E-state index contributed by atoms with van der Waals surface area (Å²) in [6, 6.07) is 4.68. The normalized spacial score (nSPS) is 10.2. The van der Waals surface area contributed by atoms with Gasteiger partial charge in [-0.05, 0) is 26.0 Å². The predicted octanol–water partition coefficient (Wildman–Crippen LogP) is 1.60. The number of carbonyl (C=O) groups excluding carboxylic acids is 2. The van der Waals surface area contributed by atoms with Crippen LogP contribution in [0.25, 0.3) is 0 Å². The average Bonchev–Trinajstić information content (AvgIpc) is 2.35. The van der Waals surface area contributed by atoms with Crippen molar-refractivity contribution in [2.45, 2.75) is 24.8 Å². The number of ether oxygens (including phenoxy) is 1. The van der Waals surface area contributed by atoms with Gasteiger partial charge in [-0.1, -0.05) is 0 Å². The molecular weight excluding hydrogens is 278 g/mol.